The topological polar surface area (TPSA) is 111 Å². The van der Waals surface area contributed by atoms with Gasteiger partial charge in [-0.2, -0.15) is 0 Å². The van der Waals surface area contributed by atoms with Gasteiger partial charge in [0.15, 0.2) is 23.0 Å². The second-order valence-electron chi connectivity index (χ2n) is 14.9. The number of aliphatic hydroxyl groups excluding tert-OH is 1. The van der Waals surface area contributed by atoms with Crippen molar-refractivity contribution in [3.63, 3.8) is 0 Å². The molecular formula is C42H52O10S2. The number of benzene rings is 3. The summed E-state index contributed by atoms with van der Waals surface area (Å²) in [6.45, 7) is 7.11. The Morgan fingerprint density at radius 2 is 1.65 bits per heavy atom. The van der Waals surface area contributed by atoms with Crippen LogP contribution in [0.3, 0.4) is 0 Å². The lowest BCUT2D eigenvalue weighted by atomic mass is 9.75. The Morgan fingerprint density at radius 3 is 2.31 bits per heavy atom. The molecule has 1 aliphatic carbocycles. The van der Waals surface area contributed by atoms with Gasteiger partial charge in [0.25, 0.3) is 0 Å². The smallest absolute Gasteiger partial charge is 0.314 e. The number of carbonyl (C=O) groups excluding carboxylic acids is 1. The van der Waals surface area contributed by atoms with Crippen molar-refractivity contribution in [3.8, 4) is 34.5 Å². The summed E-state index contributed by atoms with van der Waals surface area (Å²) in [4.78, 5) is 14.5. The van der Waals surface area contributed by atoms with Gasteiger partial charge in [-0.25, -0.2) is 0 Å². The zero-order chi connectivity index (χ0) is 38.0. The fourth-order valence-electron chi connectivity index (χ4n) is 8.53. The second kappa shape index (κ2) is 16.7. The summed E-state index contributed by atoms with van der Waals surface area (Å²) in [7, 11) is 4.71. The van der Waals surface area contributed by atoms with Gasteiger partial charge in [0.2, 0.25) is 24.6 Å². The standard InChI is InChI=1S/C42H52O10S2/c1-24(2)28-14-13-25(3)19-31(28)51-41-35(42(53-17-10-18-54-42)29-15-16-30-39(37(29)47-6)50-23-49-30)34(40(44)52-41)36(43)27-20-32(45-4)38(33(21-27)46-5)48-22-26-11-8-7-9-12-26/h7-9,11-12,15-16,20-21,24-25,28,31,34-36,41,43H,10,13-14,17-19,22-23H2,1-6H3/t25?,28?,31?,34-,35+,36+,41?/m0/s1. The van der Waals surface area contributed by atoms with Crippen molar-refractivity contribution in [3.05, 3.63) is 71.3 Å². The predicted octanol–water partition coefficient (Wildman–Crippen LogP) is 8.37. The predicted molar refractivity (Wildman–Crippen MR) is 209 cm³/mol. The maximum Gasteiger partial charge on any atom is 0.314 e. The Labute approximate surface area is 326 Å². The molecule has 0 radical (unpaired) electrons. The van der Waals surface area contributed by atoms with Gasteiger partial charge in [0.05, 0.1) is 49.5 Å². The van der Waals surface area contributed by atoms with E-state index in [1.165, 1.54) is 0 Å². The lowest BCUT2D eigenvalue weighted by Crippen LogP contribution is -2.46. The molecule has 12 heteroatoms. The zero-order valence-electron chi connectivity index (χ0n) is 31.9. The van der Waals surface area contributed by atoms with Crippen molar-refractivity contribution in [2.24, 2.45) is 29.6 Å². The Balaban J connectivity index is 1.33. The number of cyclic esters (lactones) is 1. The van der Waals surface area contributed by atoms with E-state index in [0.717, 1.165) is 48.3 Å². The van der Waals surface area contributed by atoms with Crippen LogP contribution < -0.4 is 28.4 Å². The van der Waals surface area contributed by atoms with Crippen molar-refractivity contribution in [2.75, 3.05) is 39.6 Å². The molecule has 10 nitrogen and oxygen atoms in total. The van der Waals surface area contributed by atoms with Crippen molar-refractivity contribution in [1.82, 2.24) is 0 Å². The molecule has 3 aromatic carbocycles. The van der Waals surface area contributed by atoms with Crippen LogP contribution in [0.4, 0.5) is 0 Å². The summed E-state index contributed by atoms with van der Waals surface area (Å²) in [6, 6.07) is 17.2. The molecule has 0 amide bonds. The third-order valence-corrected chi connectivity index (χ3v) is 14.8. The molecule has 7 atom stereocenters. The van der Waals surface area contributed by atoms with E-state index in [4.69, 9.17) is 37.9 Å². The molecular weight excluding hydrogens is 729 g/mol. The van der Waals surface area contributed by atoms with E-state index in [1.54, 1.807) is 57.0 Å². The summed E-state index contributed by atoms with van der Waals surface area (Å²) in [5, 5.41) is 12.6. The van der Waals surface area contributed by atoms with E-state index < -0.39 is 34.3 Å². The highest BCUT2D eigenvalue weighted by Crippen LogP contribution is 2.65. The van der Waals surface area contributed by atoms with Crippen molar-refractivity contribution in [2.45, 2.75) is 75.6 Å². The number of hydrogen-bond acceptors (Lipinski definition) is 12. The minimum absolute atomic E-state index is 0.0890. The lowest BCUT2D eigenvalue weighted by Gasteiger charge is -2.46. The molecule has 3 fully saturated rings. The van der Waals surface area contributed by atoms with Gasteiger partial charge in [-0.05, 0) is 83.9 Å². The van der Waals surface area contributed by atoms with E-state index in [0.29, 0.717) is 57.8 Å². The Morgan fingerprint density at radius 1 is 0.926 bits per heavy atom. The Bertz CT molecular complexity index is 1740. The maximum absolute atomic E-state index is 14.5. The van der Waals surface area contributed by atoms with Crippen LogP contribution in [0.2, 0.25) is 0 Å². The molecule has 1 saturated carbocycles. The number of ether oxygens (including phenoxy) is 8. The van der Waals surface area contributed by atoms with Gasteiger partial charge in [0, 0.05) is 5.56 Å². The second-order valence-corrected chi connectivity index (χ2v) is 17.9. The Kier molecular flexibility index (Phi) is 12.0. The highest BCUT2D eigenvalue weighted by atomic mass is 32.2. The van der Waals surface area contributed by atoms with Crippen LogP contribution in [0.1, 0.15) is 69.2 Å². The molecule has 1 N–H and O–H groups in total. The molecule has 292 valence electrons. The summed E-state index contributed by atoms with van der Waals surface area (Å²) in [5.74, 6) is 3.49. The van der Waals surface area contributed by atoms with Gasteiger partial charge >= 0.3 is 5.97 Å². The summed E-state index contributed by atoms with van der Waals surface area (Å²) in [5.41, 5.74) is 2.26. The van der Waals surface area contributed by atoms with E-state index in [2.05, 4.69) is 20.8 Å². The lowest BCUT2D eigenvalue weighted by molar-refractivity contribution is -0.197. The van der Waals surface area contributed by atoms with E-state index in [-0.39, 0.29) is 19.5 Å². The molecule has 3 aromatic rings. The number of rotatable bonds is 13. The molecule has 3 aliphatic heterocycles. The highest BCUT2D eigenvalue weighted by molar-refractivity contribution is 8.18. The molecule has 4 unspecified atom stereocenters. The molecule has 7 rings (SSSR count). The average Bonchev–Trinajstić information content (AvgIpc) is 3.80. The first kappa shape index (κ1) is 38.8. The minimum Gasteiger partial charge on any atom is -0.493 e. The molecule has 54 heavy (non-hydrogen) atoms. The fraction of sp³-hybridized carbons (Fsp3) is 0.548. The van der Waals surface area contributed by atoms with Gasteiger partial charge in [-0.1, -0.05) is 57.5 Å². The Hall–Kier alpha value is -3.45. The van der Waals surface area contributed by atoms with Crippen LogP contribution in [0.5, 0.6) is 34.5 Å². The normalized spacial score (nSPS) is 26.6. The van der Waals surface area contributed by atoms with Crippen LogP contribution in [0.15, 0.2) is 54.6 Å². The molecule has 3 heterocycles. The third-order valence-electron chi connectivity index (χ3n) is 11.3. The summed E-state index contributed by atoms with van der Waals surface area (Å²) < 4.78 is 48.3. The van der Waals surface area contributed by atoms with E-state index in [9.17, 15) is 9.90 Å². The van der Waals surface area contributed by atoms with Crippen molar-refractivity contribution in [1.29, 1.82) is 0 Å². The highest BCUT2D eigenvalue weighted by Gasteiger charge is 2.62. The minimum atomic E-state index is -1.31. The van der Waals surface area contributed by atoms with Crippen LogP contribution in [0, 0.1) is 29.6 Å². The monoisotopic (exact) mass is 780 g/mol. The number of esters is 1. The summed E-state index contributed by atoms with van der Waals surface area (Å²) in [6.07, 6.45) is 1.68. The summed E-state index contributed by atoms with van der Waals surface area (Å²) >= 11 is 3.49. The van der Waals surface area contributed by atoms with E-state index in [1.807, 2.05) is 42.5 Å². The third kappa shape index (κ3) is 7.43. The number of fused-ring (bicyclic) bond motifs is 1. The molecule has 4 aliphatic rings. The maximum atomic E-state index is 14.5. The largest absolute Gasteiger partial charge is 0.493 e. The number of methoxy groups -OCH3 is 3. The molecule has 0 aromatic heterocycles. The number of aliphatic hydroxyl groups is 1. The van der Waals surface area contributed by atoms with Crippen LogP contribution >= 0.6 is 23.5 Å². The van der Waals surface area contributed by atoms with Crippen LogP contribution in [-0.4, -0.2) is 63.1 Å². The quantitative estimate of drug-likeness (QED) is 0.168. The van der Waals surface area contributed by atoms with Crippen LogP contribution in [0.25, 0.3) is 0 Å². The zero-order valence-corrected chi connectivity index (χ0v) is 33.5. The number of carbonyl (C=O) groups is 1. The number of thioether (sulfide) groups is 2. The SMILES string of the molecule is COc1cc([C@@H](O)[C@H]2C(=O)OC(OC3CC(C)CCC3C(C)C)[C@@H]2C2(c3ccc4c(c3OC)OCO4)SCCCS2)cc(OC)c1OCc1ccccc1. The van der Waals surface area contributed by atoms with Gasteiger partial charge in [-0.15, -0.1) is 23.5 Å². The first-order chi connectivity index (χ1) is 26.2. The van der Waals surface area contributed by atoms with Crippen molar-refractivity contribution < 1.29 is 47.8 Å². The first-order valence-electron chi connectivity index (χ1n) is 18.9. The number of hydrogen-bond donors (Lipinski definition) is 1. The van der Waals surface area contributed by atoms with Gasteiger partial charge < -0.3 is 43.0 Å². The first-order valence-corrected chi connectivity index (χ1v) is 20.9. The fourth-order valence-corrected chi connectivity index (χ4v) is 12.3. The average molecular weight is 781 g/mol. The van der Waals surface area contributed by atoms with Gasteiger partial charge in [-0.3, -0.25) is 4.79 Å². The van der Waals surface area contributed by atoms with E-state index >= 15 is 0 Å². The molecule has 0 spiro atoms. The molecule has 0 bridgehead atoms. The van der Waals surface area contributed by atoms with Crippen LogP contribution in [-0.2, 0) is 25.0 Å². The molecule has 2 saturated heterocycles. The van der Waals surface area contributed by atoms with Gasteiger partial charge in [0.1, 0.15) is 6.61 Å². The van der Waals surface area contributed by atoms with Crippen molar-refractivity contribution >= 4 is 29.5 Å².